The molecule has 1 aliphatic heterocycles. The lowest BCUT2D eigenvalue weighted by Crippen LogP contribution is -2.41. The Kier molecular flexibility index (Phi) is 5.37. The zero-order valence-electron chi connectivity index (χ0n) is 14.1. The number of aldehydes is 1. The third-order valence-electron chi connectivity index (χ3n) is 4.08. The molecule has 7 heteroatoms. The quantitative estimate of drug-likeness (QED) is 0.774. The van der Waals surface area contributed by atoms with Crippen molar-refractivity contribution in [2.24, 2.45) is 0 Å². The first-order valence-corrected chi connectivity index (χ1v) is 8.87. The fourth-order valence-corrected chi connectivity index (χ4v) is 3.30. The molecule has 0 radical (unpaired) electrons. The normalized spacial score (nSPS) is 16.3. The van der Waals surface area contributed by atoms with Gasteiger partial charge in [-0.05, 0) is 37.3 Å². The number of benzene rings is 2. The van der Waals surface area contributed by atoms with Gasteiger partial charge in [0.2, 0.25) is 5.91 Å². The molecule has 0 aliphatic carbocycles. The van der Waals surface area contributed by atoms with Crippen molar-refractivity contribution in [1.29, 1.82) is 0 Å². The number of para-hydroxylation sites is 2. The van der Waals surface area contributed by atoms with E-state index in [0.717, 1.165) is 4.47 Å². The fourth-order valence-electron chi connectivity index (χ4n) is 2.92. The van der Waals surface area contributed by atoms with E-state index >= 15 is 0 Å². The van der Waals surface area contributed by atoms with Crippen molar-refractivity contribution in [3.8, 4) is 5.75 Å². The third kappa shape index (κ3) is 3.77. The lowest BCUT2D eigenvalue weighted by atomic mass is 10.1. The molecule has 0 spiro atoms. The number of fused-ring (bicyclic) bond motifs is 1. The van der Waals surface area contributed by atoms with Crippen molar-refractivity contribution in [3.05, 3.63) is 52.5 Å². The number of carbonyl (C=O) groups is 3. The van der Waals surface area contributed by atoms with Crippen molar-refractivity contribution in [2.45, 2.75) is 19.4 Å². The van der Waals surface area contributed by atoms with Crippen LogP contribution in [0.1, 0.15) is 23.7 Å². The summed E-state index contributed by atoms with van der Waals surface area (Å²) in [6, 6.07) is 11.8. The number of anilines is 2. The van der Waals surface area contributed by atoms with Crippen LogP contribution in [0, 0.1) is 0 Å². The molecule has 1 atom stereocenters. The van der Waals surface area contributed by atoms with E-state index < -0.39 is 0 Å². The maximum absolute atomic E-state index is 12.8. The number of hydrogen-bond acceptors (Lipinski definition) is 4. The topological polar surface area (TPSA) is 75.7 Å². The minimum atomic E-state index is -0.315. The summed E-state index contributed by atoms with van der Waals surface area (Å²) in [5, 5.41) is 2.81. The van der Waals surface area contributed by atoms with Gasteiger partial charge in [0.05, 0.1) is 16.9 Å². The second-order valence-electron chi connectivity index (χ2n) is 5.97. The van der Waals surface area contributed by atoms with Gasteiger partial charge >= 0.3 is 0 Å². The Bertz CT molecular complexity index is 868. The van der Waals surface area contributed by atoms with Crippen LogP contribution in [0.5, 0.6) is 5.75 Å². The minimum absolute atomic E-state index is 0.141. The van der Waals surface area contributed by atoms with Gasteiger partial charge in [-0.15, -0.1) is 0 Å². The van der Waals surface area contributed by atoms with Gasteiger partial charge in [0.25, 0.3) is 5.91 Å². The van der Waals surface area contributed by atoms with Gasteiger partial charge in [-0.1, -0.05) is 28.1 Å². The molecular weight excluding hydrogens is 400 g/mol. The molecule has 26 heavy (non-hydrogen) atoms. The number of amides is 2. The highest BCUT2D eigenvalue weighted by Gasteiger charge is 2.29. The van der Waals surface area contributed by atoms with Gasteiger partial charge in [-0.2, -0.15) is 0 Å². The highest BCUT2D eigenvalue weighted by atomic mass is 79.9. The Morgan fingerprint density at radius 3 is 2.88 bits per heavy atom. The molecule has 0 saturated heterocycles. The zero-order valence-corrected chi connectivity index (χ0v) is 15.7. The smallest absolute Gasteiger partial charge is 0.265 e. The van der Waals surface area contributed by atoms with Gasteiger partial charge in [0, 0.05) is 16.9 Å². The maximum Gasteiger partial charge on any atom is 0.265 e. The summed E-state index contributed by atoms with van der Waals surface area (Å²) >= 11 is 3.29. The largest absolute Gasteiger partial charge is 0.483 e. The monoisotopic (exact) mass is 416 g/mol. The SMILES string of the molecule is CC1CC(=O)Nc2ccccc2N1C(=O)COc1ccc(Br)cc1C=O. The van der Waals surface area contributed by atoms with Crippen molar-refractivity contribution >= 4 is 45.4 Å². The average molecular weight is 417 g/mol. The number of halogens is 1. The number of hydrogen-bond donors (Lipinski definition) is 1. The number of carbonyl (C=O) groups excluding carboxylic acids is 3. The first-order chi connectivity index (χ1) is 12.5. The van der Waals surface area contributed by atoms with E-state index in [4.69, 9.17) is 4.74 Å². The number of nitrogens with zero attached hydrogens (tertiary/aromatic N) is 1. The molecule has 6 nitrogen and oxygen atoms in total. The molecule has 2 amide bonds. The molecular formula is C19H17BrN2O4. The fraction of sp³-hybridized carbons (Fsp3) is 0.211. The lowest BCUT2D eigenvalue weighted by molar-refractivity contribution is -0.121. The molecule has 1 heterocycles. The summed E-state index contributed by atoms with van der Waals surface area (Å²) in [5.74, 6) is -0.0972. The summed E-state index contributed by atoms with van der Waals surface area (Å²) in [5.41, 5.74) is 1.58. The molecule has 2 aromatic rings. The highest BCUT2D eigenvalue weighted by molar-refractivity contribution is 9.10. The summed E-state index contributed by atoms with van der Waals surface area (Å²) in [6.45, 7) is 1.57. The Hall–Kier alpha value is -2.67. The highest BCUT2D eigenvalue weighted by Crippen LogP contribution is 2.31. The minimum Gasteiger partial charge on any atom is -0.483 e. The van der Waals surface area contributed by atoms with Crippen LogP contribution in [0.3, 0.4) is 0 Å². The lowest BCUT2D eigenvalue weighted by Gasteiger charge is -2.27. The van der Waals surface area contributed by atoms with Crippen LogP contribution in [0.15, 0.2) is 46.9 Å². The second-order valence-corrected chi connectivity index (χ2v) is 6.89. The summed E-state index contributed by atoms with van der Waals surface area (Å²) < 4.78 is 6.33. The van der Waals surface area contributed by atoms with Crippen LogP contribution in [0.2, 0.25) is 0 Å². The first-order valence-electron chi connectivity index (χ1n) is 8.08. The van der Waals surface area contributed by atoms with Crippen molar-refractivity contribution < 1.29 is 19.1 Å². The van der Waals surface area contributed by atoms with Gasteiger partial charge in [0.15, 0.2) is 12.9 Å². The summed E-state index contributed by atoms with van der Waals surface area (Å²) in [4.78, 5) is 37.6. The van der Waals surface area contributed by atoms with E-state index in [0.29, 0.717) is 29.0 Å². The third-order valence-corrected chi connectivity index (χ3v) is 4.57. The van der Waals surface area contributed by atoms with Gasteiger partial charge < -0.3 is 15.0 Å². The molecule has 3 rings (SSSR count). The van der Waals surface area contributed by atoms with E-state index in [-0.39, 0.29) is 30.9 Å². The van der Waals surface area contributed by atoms with Crippen LogP contribution in [-0.4, -0.2) is 30.7 Å². The van der Waals surface area contributed by atoms with Gasteiger partial charge in [0.1, 0.15) is 5.75 Å². The van der Waals surface area contributed by atoms with Crippen molar-refractivity contribution in [3.63, 3.8) is 0 Å². The van der Waals surface area contributed by atoms with E-state index in [9.17, 15) is 14.4 Å². The summed E-state index contributed by atoms with van der Waals surface area (Å²) in [7, 11) is 0. The molecule has 0 bridgehead atoms. The van der Waals surface area contributed by atoms with Gasteiger partial charge in [-0.3, -0.25) is 14.4 Å². The molecule has 0 fully saturated rings. The molecule has 1 unspecified atom stereocenters. The van der Waals surface area contributed by atoms with E-state index in [1.54, 1.807) is 41.3 Å². The van der Waals surface area contributed by atoms with E-state index in [1.165, 1.54) is 0 Å². The predicted molar refractivity (Wildman–Crippen MR) is 102 cm³/mol. The second kappa shape index (κ2) is 7.70. The van der Waals surface area contributed by atoms with Crippen LogP contribution in [0.4, 0.5) is 11.4 Å². The van der Waals surface area contributed by atoms with E-state index in [2.05, 4.69) is 21.2 Å². The van der Waals surface area contributed by atoms with E-state index in [1.807, 2.05) is 13.0 Å². The standard InChI is InChI=1S/C19H17BrN2O4/c1-12-8-18(24)21-15-4-2-3-5-16(15)22(12)19(25)11-26-17-7-6-14(20)9-13(17)10-23/h2-7,9-10,12H,8,11H2,1H3,(H,21,24). The molecule has 2 aromatic carbocycles. The number of rotatable bonds is 4. The molecule has 1 aliphatic rings. The van der Waals surface area contributed by atoms with Crippen LogP contribution >= 0.6 is 15.9 Å². The Labute approximate surface area is 159 Å². The molecule has 0 aromatic heterocycles. The zero-order chi connectivity index (χ0) is 18.7. The van der Waals surface area contributed by atoms with Crippen molar-refractivity contribution in [1.82, 2.24) is 0 Å². The average Bonchev–Trinajstić information content (AvgIpc) is 2.74. The van der Waals surface area contributed by atoms with Crippen LogP contribution < -0.4 is 15.0 Å². The molecule has 134 valence electrons. The van der Waals surface area contributed by atoms with Crippen LogP contribution in [-0.2, 0) is 9.59 Å². The Morgan fingerprint density at radius 2 is 2.12 bits per heavy atom. The predicted octanol–water partition coefficient (Wildman–Crippen LogP) is 3.40. The van der Waals surface area contributed by atoms with Gasteiger partial charge in [-0.25, -0.2) is 0 Å². The molecule has 1 N–H and O–H groups in total. The van der Waals surface area contributed by atoms with Crippen molar-refractivity contribution in [2.75, 3.05) is 16.8 Å². The first kappa shape index (κ1) is 18.1. The summed E-state index contributed by atoms with van der Waals surface area (Å²) in [6.07, 6.45) is 0.870. The number of ether oxygens (including phenoxy) is 1. The van der Waals surface area contributed by atoms with Crippen LogP contribution in [0.25, 0.3) is 0 Å². The molecule has 0 saturated carbocycles. The Balaban J connectivity index is 1.83. The number of nitrogens with one attached hydrogen (secondary N) is 1. The maximum atomic E-state index is 12.8. The Morgan fingerprint density at radius 1 is 1.35 bits per heavy atom.